The van der Waals surface area contributed by atoms with Gasteiger partial charge in [0.15, 0.2) is 0 Å². The highest BCUT2D eigenvalue weighted by atomic mass is 16.3. The molecule has 0 radical (unpaired) electrons. The van der Waals surface area contributed by atoms with Gasteiger partial charge >= 0.3 is 0 Å². The van der Waals surface area contributed by atoms with Gasteiger partial charge in [-0.15, -0.1) is 0 Å². The maximum absolute atomic E-state index is 12.5. The predicted octanol–water partition coefficient (Wildman–Crippen LogP) is 3.15. The maximum atomic E-state index is 12.5. The van der Waals surface area contributed by atoms with Crippen molar-refractivity contribution in [3.05, 3.63) is 64.2 Å². The molecule has 112 valence electrons. The Morgan fingerprint density at radius 2 is 2.00 bits per heavy atom. The first-order valence-corrected chi connectivity index (χ1v) is 6.97. The van der Waals surface area contributed by atoms with Gasteiger partial charge in [0.1, 0.15) is 5.75 Å². The van der Waals surface area contributed by atoms with Crippen molar-refractivity contribution in [2.75, 3.05) is 7.05 Å². The molecule has 1 amide bonds. The van der Waals surface area contributed by atoms with Crippen LogP contribution in [0.1, 0.15) is 32.6 Å². The van der Waals surface area contributed by atoms with E-state index in [9.17, 15) is 9.90 Å². The predicted molar refractivity (Wildman–Crippen MR) is 84.5 cm³/mol. The van der Waals surface area contributed by atoms with Crippen LogP contribution in [0.15, 0.2) is 36.4 Å². The van der Waals surface area contributed by atoms with Crippen LogP contribution in [0, 0.1) is 25.2 Å². The molecule has 22 heavy (non-hydrogen) atoms. The van der Waals surface area contributed by atoms with Crippen molar-refractivity contribution in [3.8, 4) is 11.8 Å². The minimum Gasteiger partial charge on any atom is -0.507 e. The lowest BCUT2D eigenvalue weighted by atomic mass is 10.0. The summed E-state index contributed by atoms with van der Waals surface area (Å²) in [4.78, 5) is 14.0. The van der Waals surface area contributed by atoms with E-state index in [0.29, 0.717) is 23.2 Å². The third kappa shape index (κ3) is 3.09. The monoisotopic (exact) mass is 294 g/mol. The van der Waals surface area contributed by atoms with Crippen LogP contribution in [-0.4, -0.2) is 23.0 Å². The van der Waals surface area contributed by atoms with E-state index in [1.54, 1.807) is 38.2 Å². The average molecular weight is 294 g/mol. The molecule has 0 aliphatic carbocycles. The molecule has 0 bridgehead atoms. The number of rotatable bonds is 3. The molecule has 4 heteroatoms. The van der Waals surface area contributed by atoms with Crippen LogP contribution in [0.3, 0.4) is 0 Å². The molecular formula is C18H18N2O2. The second-order valence-electron chi connectivity index (χ2n) is 5.38. The highest BCUT2D eigenvalue weighted by Gasteiger charge is 2.18. The van der Waals surface area contributed by atoms with Gasteiger partial charge in [0.2, 0.25) is 0 Å². The summed E-state index contributed by atoms with van der Waals surface area (Å²) < 4.78 is 0. The van der Waals surface area contributed by atoms with E-state index in [4.69, 9.17) is 5.26 Å². The molecule has 0 spiro atoms. The summed E-state index contributed by atoms with van der Waals surface area (Å²) in [5.41, 5.74) is 3.39. The van der Waals surface area contributed by atoms with E-state index in [-0.39, 0.29) is 11.7 Å². The van der Waals surface area contributed by atoms with Gasteiger partial charge in [-0.05, 0) is 48.7 Å². The molecule has 0 heterocycles. The fourth-order valence-electron chi connectivity index (χ4n) is 2.26. The average Bonchev–Trinajstić information content (AvgIpc) is 2.52. The molecule has 0 unspecified atom stereocenters. The third-order valence-corrected chi connectivity index (χ3v) is 3.75. The molecule has 2 rings (SSSR count). The number of hydrogen-bond acceptors (Lipinski definition) is 3. The summed E-state index contributed by atoms with van der Waals surface area (Å²) in [6, 6.07) is 12.7. The number of hydrogen-bond donors (Lipinski definition) is 1. The number of carbonyl (C=O) groups is 1. The van der Waals surface area contributed by atoms with Gasteiger partial charge in [0.05, 0.1) is 17.2 Å². The van der Waals surface area contributed by atoms with Crippen LogP contribution in [0.2, 0.25) is 0 Å². The van der Waals surface area contributed by atoms with Crippen LogP contribution >= 0.6 is 0 Å². The molecule has 0 saturated carbocycles. The van der Waals surface area contributed by atoms with E-state index >= 15 is 0 Å². The first-order valence-electron chi connectivity index (χ1n) is 6.97. The Morgan fingerprint density at radius 3 is 2.68 bits per heavy atom. The van der Waals surface area contributed by atoms with Gasteiger partial charge in [-0.25, -0.2) is 0 Å². The molecule has 2 aromatic carbocycles. The van der Waals surface area contributed by atoms with Gasteiger partial charge in [0, 0.05) is 13.6 Å². The van der Waals surface area contributed by atoms with Crippen molar-refractivity contribution < 1.29 is 9.90 Å². The van der Waals surface area contributed by atoms with Crippen LogP contribution in [0.4, 0.5) is 0 Å². The number of carbonyl (C=O) groups excluding carboxylic acids is 1. The zero-order valence-corrected chi connectivity index (χ0v) is 12.9. The summed E-state index contributed by atoms with van der Waals surface area (Å²) in [5, 5.41) is 19.1. The lowest BCUT2D eigenvalue weighted by molar-refractivity contribution is 0.0782. The standard InChI is InChI=1S/C18H18N2O2/c1-12-7-8-16(17(21)13(12)2)18(22)20(3)11-15-6-4-5-14(9-15)10-19/h4-9,21H,11H2,1-3H3. The van der Waals surface area contributed by atoms with Crippen molar-refractivity contribution >= 4 is 5.91 Å². The Labute approximate surface area is 130 Å². The number of nitriles is 1. The fourth-order valence-corrected chi connectivity index (χ4v) is 2.26. The lowest BCUT2D eigenvalue weighted by Crippen LogP contribution is -2.26. The first-order chi connectivity index (χ1) is 10.4. The van der Waals surface area contributed by atoms with Crippen LogP contribution < -0.4 is 0 Å². The van der Waals surface area contributed by atoms with Crippen LogP contribution in [0.5, 0.6) is 5.75 Å². The van der Waals surface area contributed by atoms with E-state index in [1.807, 2.05) is 19.1 Å². The summed E-state index contributed by atoms with van der Waals surface area (Å²) in [5.74, 6) is -0.217. The smallest absolute Gasteiger partial charge is 0.257 e. The van der Waals surface area contributed by atoms with E-state index in [2.05, 4.69) is 6.07 Å². The number of nitrogens with zero attached hydrogens (tertiary/aromatic N) is 2. The quantitative estimate of drug-likeness (QED) is 0.945. The Morgan fingerprint density at radius 1 is 1.27 bits per heavy atom. The van der Waals surface area contributed by atoms with Crippen molar-refractivity contribution in [2.24, 2.45) is 0 Å². The van der Waals surface area contributed by atoms with Gasteiger partial charge in [-0.1, -0.05) is 18.2 Å². The van der Waals surface area contributed by atoms with Crippen molar-refractivity contribution in [1.82, 2.24) is 4.90 Å². The number of phenols is 1. The molecule has 4 nitrogen and oxygen atoms in total. The van der Waals surface area contributed by atoms with Gasteiger partial charge in [-0.2, -0.15) is 5.26 Å². The number of aryl methyl sites for hydroxylation is 1. The second-order valence-corrected chi connectivity index (χ2v) is 5.38. The maximum Gasteiger partial charge on any atom is 0.257 e. The third-order valence-electron chi connectivity index (χ3n) is 3.75. The molecule has 0 aliphatic rings. The zero-order valence-electron chi connectivity index (χ0n) is 12.9. The highest BCUT2D eigenvalue weighted by molar-refractivity contribution is 5.97. The summed E-state index contributed by atoms with van der Waals surface area (Å²) in [7, 11) is 1.68. The van der Waals surface area contributed by atoms with Gasteiger partial charge in [-0.3, -0.25) is 4.79 Å². The Bertz CT molecular complexity index is 760. The zero-order chi connectivity index (χ0) is 16.3. The molecule has 0 aliphatic heterocycles. The molecule has 1 N–H and O–H groups in total. The van der Waals surface area contributed by atoms with Gasteiger partial charge in [0.25, 0.3) is 5.91 Å². The number of benzene rings is 2. The normalized spacial score (nSPS) is 10.1. The largest absolute Gasteiger partial charge is 0.507 e. The summed E-state index contributed by atoms with van der Waals surface area (Å²) >= 11 is 0. The number of amides is 1. The molecule has 0 fully saturated rings. The Hall–Kier alpha value is -2.80. The molecule has 0 atom stereocenters. The number of aromatic hydroxyl groups is 1. The number of phenolic OH excluding ortho intramolecular Hbond substituents is 1. The summed E-state index contributed by atoms with van der Waals surface area (Å²) in [6.45, 7) is 4.05. The van der Waals surface area contributed by atoms with Crippen molar-refractivity contribution in [1.29, 1.82) is 5.26 Å². The molecular weight excluding hydrogens is 276 g/mol. The molecule has 2 aromatic rings. The Kier molecular flexibility index (Phi) is 4.47. The van der Waals surface area contributed by atoms with Gasteiger partial charge < -0.3 is 10.0 Å². The van der Waals surface area contributed by atoms with Crippen LogP contribution in [0.25, 0.3) is 0 Å². The lowest BCUT2D eigenvalue weighted by Gasteiger charge is -2.19. The second kappa shape index (κ2) is 6.31. The summed E-state index contributed by atoms with van der Waals surface area (Å²) in [6.07, 6.45) is 0. The first kappa shape index (κ1) is 15.6. The fraction of sp³-hybridized carbons (Fsp3) is 0.222. The minimum atomic E-state index is -0.247. The van der Waals surface area contributed by atoms with E-state index < -0.39 is 0 Å². The van der Waals surface area contributed by atoms with Crippen LogP contribution in [-0.2, 0) is 6.54 Å². The highest BCUT2D eigenvalue weighted by Crippen LogP contribution is 2.26. The SMILES string of the molecule is Cc1ccc(C(=O)N(C)Cc2cccc(C#N)c2)c(O)c1C. The Balaban J connectivity index is 2.23. The molecule has 0 aromatic heterocycles. The van der Waals surface area contributed by atoms with E-state index in [0.717, 1.165) is 11.1 Å². The molecule has 0 saturated heterocycles. The van der Waals surface area contributed by atoms with E-state index in [1.165, 1.54) is 4.90 Å². The van der Waals surface area contributed by atoms with Crippen molar-refractivity contribution in [3.63, 3.8) is 0 Å². The topological polar surface area (TPSA) is 64.3 Å². The minimum absolute atomic E-state index is 0.0302. The van der Waals surface area contributed by atoms with Crippen molar-refractivity contribution in [2.45, 2.75) is 20.4 Å².